The molecule has 11 heteroatoms. The maximum absolute atomic E-state index is 12.5. The summed E-state index contributed by atoms with van der Waals surface area (Å²) in [5.74, 6) is -0.140. The van der Waals surface area contributed by atoms with E-state index in [9.17, 15) is 21.6 Å². The fourth-order valence-corrected chi connectivity index (χ4v) is 4.55. The van der Waals surface area contributed by atoms with Crippen molar-refractivity contribution in [3.05, 3.63) is 42.5 Å². The van der Waals surface area contributed by atoms with Crippen LogP contribution in [0.15, 0.2) is 36.9 Å². The first kappa shape index (κ1) is 24.6. The molecule has 0 spiro atoms. The molecule has 1 aromatic rings. The minimum atomic E-state index is -3.52. The zero-order chi connectivity index (χ0) is 21.2. The molecule has 1 rings (SSSR count). The number of sulfonamides is 2. The largest absolute Gasteiger partial charge is 0.325 e. The second kappa shape index (κ2) is 11.6. The van der Waals surface area contributed by atoms with E-state index in [2.05, 4.69) is 21.3 Å². The summed E-state index contributed by atoms with van der Waals surface area (Å²) in [6, 6.07) is 5.47. The van der Waals surface area contributed by atoms with Crippen LogP contribution in [0.25, 0.3) is 0 Å². The number of nitrogens with one attached hydrogen (secondary N) is 3. The van der Waals surface area contributed by atoms with E-state index in [0.717, 1.165) is 0 Å². The highest BCUT2D eigenvalue weighted by Gasteiger charge is 2.23. The van der Waals surface area contributed by atoms with Gasteiger partial charge in [0.05, 0.1) is 11.5 Å². The second-order valence-electron chi connectivity index (χ2n) is 5.94. The van der Waals surface area contributed by atoms with E-state index in [-0.39, 0.29) is 18.1 Å². The summed E-state index contributed by atoms with van der Waals surface area (Å²) in [4.78, 5) is 12.5. The van der Waals surface area contributed by atoms with E-state index in [1.807, 2.05) is 6.26 Å². The van der Waals surface area contributed by atoms with Gasteiger partial charge in [0.15, 0.2) is 0 Å². The number of hydrogen-bond donors (Lipinski definition) is 3. The fraction of sp³-hybridized carbons (Fsp3) is 0.471. The Hall–Kier alpha value is -1.40. The number of benzene rings is 1. The van der Waals surface area contributed by atoms with E-state index in [0.29, 0.717) is 23.4 Å². The molecule has 0 bridgehead atoms. The first-order valence-electron chi connectivity index (χ1n) is 8.59. The lowest BCUT2D eigenvalue weighted by molar-refractivity contribution is -0.117. The maximum atomic E-state index is 12.5. The average Bonchev–Trinajstić information content (AvgIpc) is 2.64. The summed E-state index contributed by atoms with van der Waals surface area (Å²) in [7, 11) is -6.99. The summed E-state index contributed by atoms with van der Waals surface area (Å²) in [5.41, 5.74) is 1.01. The molecular formula is C17H27N3O5S3. The molecule has 0 aliphatic rings. The predicted molar refractivity (Wildman–Crippen MR) is 115 cm³/mol. The molecule has 0 aliphatic heterocycles. The van der Waals surface area contributed by atoms with Crippen LogP contribution in [-0.4, -0.2) is 53.1 Å². The van der Waals surface area contributed by atoms with Gasteiger partial charge in [0.2, 0.25) is 26.0 Å². The molecule has 158 valence electrons. The lowest BCUT2D eigenvalue weighted by atomic mass is 10.2. The molecule has 0 fully saturated rings. The Morgan fingerprint density at radius 2 is 1.82 bits per heavy atom. The summed E-state index contributed by atoms with van der Waals surface area (Å²) in [5, 5.41) is 2.67. The van der Waals surface area contributed by atoms with Crippen LogP contribution in [0.2, 0.25) is 0 Å². The lowest BCUT2D eigenvalue weighted by Crippen LogP contribution is -2.44. The van der Waals surface area contributed by atoms with Crippen LogP contribution in [0.3, 0.4) is 0 Å². The van der Waals surface area contributed by atoms with Crippen molar-refractivity contribution in [2.45, 2.75) is 25.1 Å². The Morgan fingerprint density at radius 3 is 2.36 bits per heavy atom. The van der Waals surface area contributed by atoms with Crippen LogP contribution in [0.4, 0.5) is 5.69 Å². The molecule has 1 aromatic carbocycles. The van der Waals surface area contributed by atoms with Gasteiger partial charge in [-0.1, -0.05) is 18.2 Å². The Bertz CT molecular complexity index is 853. The highest BCUT2D eigenvalue weighted by Crippen LogP contribution is 2.13. The molecule has 1 atom stereocenters. The van der Waals surface area contributed by atoms with Gasteiger partial charge in [-0.15, -0.1) is 6.58 Å². The van der Waals surface area contributed by atoms with E-state index >= 15 is 0 Å². The van der Waals surface area contributed by atoms with Gasteiger partial charge in [0, 0.05) is 12.2 Å². The van der Waals surface area contributed by atoms with Crippen LogP contribution >= 0.6 is 11.8 Å². The lowest BCUT2D eigenvalue weighted by Gasteiger charge is -2.18. The van der Waals surface area contributed by atoms with Crippen LogP contribution in [0.1, 0.15) is 18.9 Å². The highest BCUT2D eigenvalue weighted by molar-refractivity contribution is 7.98. The Labute approximate surface area is 171 Å². The number of carbonyl (C=O) groups excluding carboxylic acids is 1. The van der Waals surface area contributed by atoms with Crippen molar-refractivity contribution in [2.75, 3.05) is 29.6 Å². The van der Waals surface area contributed by atoms with Gasteiger partial charge < -0.3 is 5.32 Å². The number of carbonyl (C=O) groups is 1. The van der Waals surface area contributed by atoms with Crippen LogP contribution in [0, 0.1) is 0 Å². The van der Waals surface area contributed by atoms with Crippen molar-refractivity contribution in [2.24, 2.45) is 0 Å². The van der Waals surface area contributed by atoms with Gasteiger partial charge in [-0.05, 0) is 43.0 Å². The first-order chi connectivity index (χ1) is 13.1. The number of amides is 1. The third-order valence-electron chi connectivity index (χ3n) is 3.65. The summed E-state index contributed by atoms with van der Waals surface area (Å²) < 4.78 is 52.2. The van der Waals surface area contributed by atoms with Crippen molar-refractivity contribution in [1.82, 2.24) is 9.44 Å². The van der Waals surface area contributed by atoms with Gasteiger partial charge in [-0.25, -0.2) is 26.3 Å². The van der Waals surface area contributed by atoms with E-state index in [1.165, 1.54) is 24.8 Å². The summed E-state index contributed by atoms with van der Waals surface area (Å²) in [6.07, 6.45) is 3.69. The van der Waals surface area contributed by atoms with Crippen molar-refractivity contribution >= 4 is 43.4 Å². The van der Waals surface area contributed by atoms with Crippen molar-refractivity contribution in [3.63, 3.8) is 0 Å². The molecule has 1 amide bonds. The van der Waals surface area contributed by atoms with E-state index in [4.69, 9.17) is 0 Å². The highest BCUT2D eigenvalue weighted by atomic mass is 32.2. The summed E-state index contributed by atoms with van der Waals surface area (Å²) in [6.45, 7) is 5.12. The molecule has 8 nitrogen and oxygen atoms in total. The van der Waals surface area contributed by atoms with Crippen LogP contribution < -0.4 is 14.8 Å². The minimum absolute atomic E-state index is 0.112. The predicted octanol–water partition coefficient (Wildman–Crippen LogP) is 1.29. The summed E-state index contributed by atoms with van der Waals surface area (Å²) >= 11 is 1.52. The Kier molecular flexibility index (Phi) is 10.2. The number of anilines is 1. The molecule has 0 aliphatic carbocycles. The molecule has 0 heterocycles. The molecule has 3 N–H and O–H groups in total. The quantitative estimate of drug-likeness (QED) is 0.390. The molecule has 0 saturated heterocycles. The maximum Gasteiger partial charge on any atom is 0.242 e. The molecule has 1 unspecified atom stereocenters. The number of hydrogen-bond acceptors (Lipinski definition) is 6. The fourth-order valence-electron chi connectivity index (χ4n) is 2.15. The SMILES string of the molecule is C=CCNS(=O)(=O)Cc1ccc(NC(=O)C(CCSC)NS(=O)(=O)CC)cc1. The third kappa shape index (κ3) is 9.20. The van der Waals surface area contributed by atoms with Gasteiger partial charge in [0.25, 0.3) is 0 Å². The van der Waals surface area contributed by atoms with E-state index in [1.54, 1.807) is 24.3 Å². The zero-order valence-corrected chi connectivity index (χ0v) is 18.4. The Balaban J connectivity index is 2.79. The molecule has 0 radical (unpaired) electrons. The average molecular weight is 450 g/mol. The van der Waals surface area contributed by atoms with Crippen molar-refractivity contribution < 1.29 is 21.6 Å². The first-order valence-corrected chi connectivity index (χ1v) is 13.3. The molecular weight excluding hydrogens is 422 g/mol. The van der Waals surface area contributed by atoms with Crippen LogP contribution in [0.5, 0.6) is 0 Å². The van der Waals surface area contributed by atoms with E-state index < -0.39 is 32.0 Å². The zero-order valence-electron chi connectivity index (χ0n) is 16.0. The monoisotopic (exact) mass is 449 g/mol. The van der Waals surface area contributed by atoms with Crippen molar-refractivity contribution in [1.29, 1.82) is 0 Å². The van der Waals surface area contributed by atoms with Crippen LogP contribution in [-0.2, 0) is 30.6 Å². The number of thioether (sulfide) groups is 1. The molecule has 28 heavy (non-hydrogen) atoms. The molecule has 0 aromatic heterocycles. The topological polar surface area (TPSA) is 121 Å². The minimum Gasteiger partial charge on any atom is -0.325 e. The number of rotatable bonds is 13. The second-order valence-corrected chi connectivity index (χ2v) is 10.8. The van der Waals surface area contributed by atoms with Gasteiger partial charge in [-0.3, -0.25) is 4.79 Å². The van der Waals surface area contributed by atoms with Crippen molar-refractivity contribution in [3.8, 4) is 0 Å². The van der Waals surface area contributed by atoms with Gasteiger partial charge >= 0.3 is 0 Å². The van der Waals surface area contributed by atoms with Gasteiger partial charge in [0.1, 0.15) is 6.04 Å². The molecule has 0 saturated carbocycles. The van der Waals surface area contributed by atoms with Gasteiger partial charge in [-0.2, -0.15) is 11.8 Å². The normalized spacial score (nSPS) is 13.1. The smallest absolute Gasteiger partial charge is 0.242 e. The third-order valence-corrected chi connectivity index (χ3v) is 7.02. The standard InChI is InChI=1S/C17H27N3O5S3/c1-4-11-18-28(24,25)13-14-6-8-15(9-7-14)19-17(21)16(10-12-26-3)20-27(22,23)5-2/h4,6-9,16,18,20H,1,5,10-13H2,2-3H3,(H,19,21). The Morgan fingerprint density at radius 1 is 1.18 bits per heavy atom.